The average molecular weight is 427 g/mol. The van der Waals surface area contributed by atoms with Crippen molar-refractivity contribution in [3.05, 3.63) is 101 Å². The Labute approximate surface area is 188 Å². The molecule has 5 nitrogen and oxygen atoms in total. The predicted molar refractivity (Wildman–Crippen MR) is 126 cm³/mol. The van der Waals surface area contributed by atoms with Crippen LogP contribution in [0.25, 0.3) is 10.9 Å². The number of hydrogen-bond acceptors (Lipinski definition) is 4. The average Bonchev–Trinajstić information content (AvgIpc) is 2.82. The van der Waals surface area contributed by atoms with Gasteiger partial charge in [-0.3, -0.25) is 4.79 Å². The van der Waals surface area contributed by atoms with Crippen LogP contribution in [0, 0.1) is 6.92 Å². The lowest BCUT2D eigenvalue weighted by atomic mass is 10.1. The molecule has 1 aromatic heterocycles. The van der Waals surface area contributed by atoms with Crippen molar-refractivity contribution in [2.24, 2.45) is 0 Å². The lowest BCUT2D eigenvalue weighted by Gasteiger charge is -2.13. The maximum absolute atomic E-state index is 13.1. The number of hydrogen-bond donors (Lipinski definition) is 1. The van der Waals surface area contributed by atoms with E-state index in [9.17, 15) is 4.79 Å². The highest BCUT2D eigenvalue weighted by molar-refractivity contribution is 6.06. The maximum atomic E-state index is 13.1. The molecular weight excluding hydrogens is 400 g/mol. The number of benzene rings is 3. The highest BCUT2D eigenvalue weighted by Crippen LogP contribution is 2.24. The molecule has 5 heteroatoms. The molecule has 4 rings (SSSR count). The molecule has 1 heterocycles. The van der Waals surface area contributed by atoms with Gasteiger partial charge in [-0.1, -0.05) is 66.2 Å². The van der Waals surface area contributed by atoms with E-state index in [1.165, 1.54) is 5.56 Å². The van der Waals surface area contributed by atoms with Crippen LogP contribution in [-0.4, -0.2) is 17.5 Å². The van der Waals surface area contributed by atoms with Crippen LogP contribution in [0.3, 0.4) is 0 Å². The molecule has 0 fully saturated rings. The smallest absolute Gasteiger partial charge is 0.252 e. The number of carbonyl (C=O) groups excluding carboxylic acids is 1. The Hall–Kier alpha value is -3.86. The Kier molecular flexibility index (Phi) is 6.66. The molecule has 0 aliphatic rings. The number of pyridine rings is 1. The number of fused-ring (bicyclic) bond motifs is 1. The summed E-state index contributed by atoms with van der Waals surface area (Å²) in [6.45, 7) is 5.31. The Morgan fingerprint density at radius 3 is 2.50 bits per heavy atom. The van der Waals surface area contributed by atoms with E-state index in [0.29, 0.717) is 36.7 Å². The lowest BCUT2D eigenvalue weighted by molar-refractivity contribution is 0.0951. The summed E-state index contributed by atoms with van der Waals surface area (Å²) in [5.41, 5.74) is 4.42. The largest absolute Gasteiger partial charge is 0.494 e. The van der Waals surface area contributed by atoms with Gasteiger partial charge in [-0.05, 0) is 31.5 Å². The zero-order valence-electron chi connectivity index (χ0n) is 18.3. The van der Waals surface area contributed by atoms with Crippen molar-refractivity contribution < 1.29 is 14.3 Å². The van der Waals surface area contributed by atoms with Crippen LogP contribution < -0.4 is 14.8 Å². The third-order valence-corrected chi connectivity index (χ3v) is 5.16. The summed E-state index contributed by atoms with van der Waals surface area (Å²) in [6, 6.07) is 25.2. The van der Waals surface area contributed by atoms with Crippen molar-refractivity contribution in [3.63, 3.8) is 0 Å². The summed E-state index contributed by atoms with van der Waals surface area (Å²) in [5, 5.41) is 3.79. The molecule has 162 valence electrons. The van der Waals surface area contributed by atoms with E-state index in [1.54, 1.807) is 6.07 Å². The summed E-state index contributed by atoms with van der Waals surface area (Å²) >= 11 is 0. The van der Waals surface area contributed by atoms with E-state index in [-0.39, 0.29) is 5.91 Å². The van der Waals surface area contributed by atoms with Crippen LogP contribution in [0.15, 0.2) is 78.9 Å². The van der Waals surface area contributed by atoms with E-state index in [0.717, 1.165) is 22.3 Å². The van der Waals surface area contributed by atoms with Crippen LogP contribution in [-0.2, 0) is 13.2 Å². The van der Waals surface area contributed by atoms with Crippen molar-refractivity contribution in [1.82, 2.24) is 10.3 Å². The van der Waals surface area contributed by atoms with Gasteiger partial charge in [0, 0.05) is 23.6 Å². The van der Waals surface area contributed by atoms with Crippen molar-refractivity contribution >= 4 is 16.8 Å². The minimum absolute atomic E-state index is 0.185. The molecule has 1 amide bonds. The molecule has 0 unspecified atom stereocenters. The SMILES string of the molecule is CCOc1ccccc1CNC(=O)c1cc(OCc2ccc(C)cc2)nc2ccccc12. The number of nitrogens with zero attached hydrogens (tertiary/aromatic N) is 1. The molecule has 3 aromatic carbocycles. The van der Waals surface area contributed by atoms with Gasteiger partial charge in [0.25, 0.3) is 5.91 Å². The van der Waals surface area contributed by atoms with Crippen LogP contribution in [0.4, 0.5) is 0 Å². The second-order valence-electron chi connectivity index (χ2n) is 7.52. The van der Waals surface area contributed by atoms with Crippen molar-refractivity contribution in [3.8, 4) is 11.6 Å². The molecule has 0 spiro atoms. The molecular formula is C27H26N2O3. The monoisotopic (exact) mass is 426 g/mol. The first-order valence-electron chi connectivity index (χ1n) is 10.7. The van der Waals surface area contributed by atoms with Crippen LogP contribution in [0.1, 0.15) is 34.0 Å². The number of aryl methyl sites for hydroxylation is 1. The van der Waals surface area contributed by atoms with Gasteiger partial charge in [0.15, 0.2) is 0 Å². The van der Waals surface area contributed by atoms with E-state index in [1.807, 2.05) is 86.6 Å². The fraction of sp³-hybridized carbons (Fsp3) is 0.185. The number of para-hydroxylation sites is 2. The van der Waals surface area contributed by atoms with Crippen molar-refractivity contribution in [1.29, 1.82) is 0 Å². The Balaban J connectivity index is 1.55. The molecule has 4 aromatic rings. The molecule has 0 saturated heterocycles. The van der Waals surface area contributed by atoms with Gasteiger partial charge in [-0.15, -0.1) is 0 Å². The molecule has 0 aliphatic heterocycles. The first-order valence-corrected chi connectivity index (χ1v) is 10.7. The fourth-order valence-corrected chi connectivity index (χ4v) is 3.47. The Morgan fingerprint density at radius 1 is 0.938 bits per heavy atom. The first kappa shape index (κ1) is 21.4. The molecule has 0 bridgehead atoms. The molecule has 0 radical (unpaired) electrons. The van der Waals surface area contributed by atoms with Crippen molar-refractivity contribution in [2.45, 2.75) is 27.0 Å². The van der Waals surface area contributed by atoms with E-state index in [2.05, 4.69) is 10.3 Å². The molecule has 32 heavy (non-hydrogen) atoms. The quantitative estimate of drug-likeness (QED) is 0.407. The van der Waals surface area contributed by atoms with E-state index in [4.69, 9.17) is 9.47 Å². The summed E-state index contributed by atoms with van der Waals surface area (Å²) < 4.78 is 11.6. The zero-order valence-corrected chi connectivity index (χ0v) is 18.3. The maximum Gasteiger partial charge on any atom is 0.252 e. The topological polar surface area (TPSA) is 60.5 Å². The number of rotatable bonds is 8. The van der Waals surface area contributed by atoms with Gasteiger partial charge in [-0.25, -0.2) is 4.98 Å². The number of aromatic nitrogens is 1. The van der Waals surface area contributed by atoms with E-state index >= 15 is 0 Å². The normalized spacial score (nSPS) is 10.7. The van der Waals surface area contributed by atoms with Crippen LogP contribution in [0.5, 0.6) is 11.6 Å². The second-order valence-corrected chi connectivity index (χ2v) is 7.52. The fourth-order valence-electron chi connectivity index (χ4n) is 3.47. The summed E-state index contributed by atoms with van der Waals surface area (Å²) in [6.07, 6.45) is 0. The third kappa shape index (κ3) is 5.06. The highest BCUT2D eigenvalue weighted by Gasteiger charge is 2.14. The summed E-state index contributed by atoms with van der Waals surface area (Å²) in [7, 11) is 0. The minimum Gasteiger partial charge on any atom is -0.494 e. The van der Waals surface area contributed by atoms with Gasteiger partial charge in [-0.2, -0.15) is 0 Å². The molecule has 1 N–H and O–H groups in total. The Bertz CT molecular complexity index is 1220. The summed E-state index contributed by atoms with van der Waals surface area (Å²) in [4.78, 5) is 17.7. The highest BCUT2D eigenvalue weighted by atomic mass is 16.5. The van der Waals surface area contributed by atoms with Gasteiger partial charge >= 0.3 is 0 Å². The second kappa shape index (κ2) is 9.96. The molecule has 0 saturated carbocycles. The first-order chi connectivity index (χ1) is 15.6. The number of carbonyl (C=O) groups is 1. The molecule has 0 atom stereocenters. The van der Waals surface area contributed by atoms with Gasteiger partial charge in [0.2, 0.25) is 5.88 Å². The molecule has 0 aliphatic carbocycles. The van der Waals surface area contributed by atoms with Crippen LogP contribution >= 0.6 is 0 Å². The predicted octanol–water partition coefficient (Wildman–Crippen LogP) is 5.45. The zero-order chi connectivity index (χ0) is 22.3. The van der Waals surface area contributed by atoms with Crippen LogP contribution in [0.2, 0.25) is 0 Å². The van der Waals surface area contributed by atoms with Crippen molar-refractivity contribution in [2.75, 3.05) is 6.61 Å². The minimum atomic E-state index is -0.185. The Morgan fingerprint density at radius 2 is 1.69 bits per heavy atom. The van der Waals surface area contributed by atoms with Gasteiger partial charge < -0.3 is 14.8 Å². The number of amides is 1. The summed E-state index contributed by atoms with van der Waals surface area (Å²) in [5.74, 6) is 1.01. The van der Waals surface area contributed by atoms with Gasteiger partial charge in [0.1, 0.15) is 12.4 Å². The van der Waals surface area contributed by atoms with E-state index < -0.39 is 0 Å². The van der Waals surface area contributed by atoms with Gasteiger partial charge in [0.05, 0.1) is 17.7 Å². The third-order valence-electron chi connectivity index (χ3n) is 5.16. The standard InChI is InChI=1S/C27H26N2O3/c1-3-31-25-11-7-4-8-21(25)17-28-27(30)23-16-26(29-24-10-6-5-9-22(23)24)32-18-20-14-12-19(2)13-15-20/h4-16H,3,17-18H2,1-2H3,(H,28,30). The number of nitrogens with one attached hydrogen (secondary N) is 1. The number of ether oxygens (including phenoxy) is 2. The lowest BCUT2D eigenvalue weighted by Crippen LogP contribution is -2.23.